The Bertz CT molecular complexity index is 651. The van der Waals surface area contributed by atoms with Crippen molar-refractivity contribution in [1.29, 1.82) is 0 Å². The lowest BCUT2D eigenvalue weighted by Crippen LogP contribution is -2.62. The zero-order valence-corrected chi connectivity index (χ0v) is 14.3. The van der Waals surface area contributed by atoms with Gasteiger partial charge in [-0.25, -0.2) is 4.98 Å². The quantitative estimate of drug-likeness (QED) is 0.828. The fourth-order valence-electron chi connectivity index (χ4n) is 2.43. The van der Waals surface area contributed by atoms with Gasteiger partial charge in [0, 0.05) is 26.1 Å². The van der Waals surface area contributed by atoms with Crippen LogP contribution < -0.4 is 10.6 Å². The Morgan fingerprint density at radius 2 is 1.95 bits per heavy atom. The standard InChI is InChI=1S/C14H15BrN4O2S/c1-19-5-9(16-7-19)4-11-14(21)17-10(13(20)18-11)2-8-3-12(15)22-6-8/h3,5-7,10-11H,2,4H2,1H3,(H,17,21)(H,18,20)/t10?,11-/m0/s1. The number of nitrogens with one attached hydrogen (secondary N) is 2. The Morgan fingerprint density at radius 1 is 1.27 bits per heavy atom. The van der Waals surface area contributed by atoms with E-state index in [1.54, 1.807) is 17.7 Å². The summed E-state index contributed by atoms with van der Waals surface area (Å²) in [6.07, 6.45) is 4.41. The second kappa shape index (κ2) is 6.21. The number of rotatable bonds is 4. The number of carbonyl (C=O) groups is 2. The number of aryl methyl sites for hydroxylation is 1. The number of halogens is 1. The van der Waals surface area contributed by atoms with Crippen LogP contribution in [0.25, 0.3) is 0 Å². The van der Waals surface area contributed by atoms with Crippen molar-refractivity contribution in [2.45, 2.75) is 24.9 Å². The number of thiophene rings is 1. The van der Waals surface area contributed by atoms with E-state index in [-0.39, 0.29) is 11.8 Å². The Kier molecular flexibility index (Phi) is 4.30. The summed E-state index contributed by atoms with van der Waals surface area (Å²) in [5.74, 6) is -0.313. The van der Waals surface area contributed by atoms with Gasteiger partial charge >= 0.3 is 0 Å². The van der Waals surface area contributed by atoms with Gasteiger partial charge in [0.2, 0.25) is 11.8 Å². The molecule has 22 heavy (non-hydrogen) atoms. The molecule has 0 aromatic carbocycles. The van der Waals surface area contributed by atoms with E-state index in [1.807, 2.05) is 29.3 Å². The molecule has 1 aliphatic heterocycles. The molecule has 0 aliphatic carbocycles. The number of carbonyl (C=O) groups excluding carboxylic acids is 2. The van der Waals surface area contributed by atoms with Crippen LogP contribution in [-0.2, 0) is 29.5 Å². The van der Waals surface area contributed by atoms with Crippen molar-refractivity contribution >= 4 is 39.1 Å². The first-order chi connectivity index (χ1) is 10.5. The summed E-state index contributed by atoms with van der Waals surface area (Å²) in [5.41, 5.74) is 1.81. The summed E-state index contributed by atoms with van der Waals surface area (Å²) in [5, 5.41) is 7.57. The molecule has 8 heteroatoms. The average Bonchev–Trinajstić information content (AvgIpc) is 3.04. The van der Waals surface area contributed by atoms with Gasteiger partial charge in [-0.2, -0.15) is 0 Å². The lowest BCUT2D eigenvalue weighted by atomic mass is 10.0. The maximum atomic E-state index is 12.2. The van der Waals surface area contributed by atoms with E-state index in [9.17, 15) is 9.59 Å². The largest absolute Gasteiger partial charge is 0.342 e. The van der Waals surface area contributed by atoms with Gasteiger partial charge in [0.1, 0.15) is 12.1 Å². The van der Waals surface area contributed by atoms with Gasteiger partial charge in [-0.15, -0.1) is 11.3 Å². The number of amides is 2. The fraction of sp³-hybridized carbons (Fsp3) is 0.357. The van der Waals surface area contributed by atoms with Crippen LogP contribution in [0.1, 0.15) is 11.3 Å². The highest BCUT2D eigenvalue weighted by Gasteiger charge is 2.34. The second-order valence-corrected chi connectivity index (χ2v) is 7.61. The van der Waals surface area contributed by atoms with Gasteiger partial charge < -0.3 is 15.2 Å². The lowest BCUT2D eigenvalue weighted by Gasteiger charge is -2.29. The maximum Gasteiger partial charge on any atom is 0.243 e. The first-order valence-corrected chi connectivity index (χ1v) is 8.49. The summed E-state index contributed by atoms with van der Waals surface area (Å²) in [6, 6.07) is 0.881. The molecule has 1 saturated heterocycles. The second-order valence-electron chi connectivity index (χ2n) is 5.32. The number of nitrogens with zero attached hydrogens (tertiary/aromatic N) is 2. The number of aromatic nitrogens is 2. The fourth-order valence-corrected chi connectivity index (χ4v) is 3.66. The van der Waals surface area contributed by atoms with Crippen molar-refractivity contribution in [3.05, 3.63) is 39.0 Å². The van der Waals surface area contributed by atoms with Crippen molar-refractivity contribution in [2.24, 2.45) is 7.05 Å². The van der Waals surface area contributed by atoms with Crippen LogP contribution >= 0.6 is 27.3 Å². The van der Waals surface area contributed by atoms with E-state index in [0.717, 1.165) is 15.0 Å². The van der Waals surface area contributed by atoms with Gasteiger partial charge in [-0.3, -0.25) is 9.59 Å². The molecule has 3 rings (SSSR count). The molecular formula is C14H15BrN4O2S. The van der Waals surface area contributed by atoms with Crippen LogP contribution in [-0.4, -0.2) is 33.4 Å². The average molecular weight is 383 g/mol. The van der Waals surface area contributed by atoms with E-state index in [4.69, 9.17) is 0 Å². The van der Waals surface area contributed by atoms with Crippen molar-refractivity contribution in [1.82, 2.24) is 20.2 Å². The molecular weight excluding hydrogens is 368 g/mol. The molecule has 0 saturated carbocycles. The molecule has 0 radical (unpaired) electrons. The molecule has 116 valence electrons. The number of hydrogen-bond acceptors (Lipinski definition) is 4. The first-order valence-electron chi connectivity index (χ1n) is 6.82. The summed E-state index contributed by atoms with van der Waals surface area (Å²) in [4.78, 5) is 28.6. The zero-order valence-electron chi connectivity index (χ0n) is 11.9. The normalized spacial score (nSPS) is 21.5. The third kappa shape index (κ3) is 3.38. The summed E-state index contributed by atoms with van der Waals surface area (Å²) in [6.45, 7) is 0. The number of piperazine rings is 1. The van der Waals surface area contributed by atoms with Crippen molar-refractivity contribution in [2.75, 3.05) is 0 Å². The van der Waals surface area contributed by atoms with Gasteiger partial charge in [-0.05, 0) is 32.9 Å². The number of imidazole rings is 1. The third-order valence-corrected chi connectivity index (χ3v) is 5.05. The molecule has 1 unspecified atom stereocenters. The van der Waals surface area contributed by atoms with Crippen LogP contribution in [0.5, 0.6) is 0 Å². The molecule has 2 N–H and O–H groups in total. The summed E-state index contributed by atoms with van der Waals surface area (Å²) in [7, 11) is 1.87. The van der Waals surface area contributed by atoms with Crippen LogP contribution in [0, 0.1) is 0 Å². The molecule has 3 heterocycles. The predicted octanol–water partition coefficient (Wildman–Crippen LogP) is 1.01. The maximum absolute atomic E-state index is 12.2. The monoisotopic (exact) mass is 382 g/mol. The van der Waals surface area contributed by atoms with Crippen LogP contribution in [0.15, 0.2) is 27.8 Å². The summed E-state index contributed by atoms with van der Waals surface area (Å²) >= 11 is 4.96. The Labute approximate surface area is 140 Å². The smallest absolute Gasteiger partial charge is 0.243 e. The summed E-state index contributed by atoms with van der Waals surface area (Å²) < 4.78 is 2.83. The van der Waals surface area contributed by atoms with E-state index in [1.165, 1.54) is 0 Å². The van der Waals surface area contributed by atoms with Crippen molar-refractivity contribution in [3.63, 3.8) is 0 Å². The molecule has 0 spiro atoms. The molecule has 1 fully saturated rings. The van der Waals surface area contributed by atoms with E-state index in [0.29, 0.717) is 12.8 Å². The third-order valence-electron chi connectivity index (χ3n) is 3.50. The minimum absolute atomic E-state index is 0.150. The van der Waals surface area contributed by atoms with Gasteiger partial charge in [-0.1, -0.05) is 0 Å². The van der Waals surface area contributed by atoms with Crippen molar-refractivity contribution in [3.8, 4) is 0 Å². The van der Waals surface area contributed by atoms with Crippen LogP contribution in [0.3, 0.4) is 0 Å². The predicted molar refractivity (Wildman–Crippen MR) is 86.5 cm³/mol. The van der Waals surface area contributed by atoms with E-state index in [2.05, 4.69) is 31.5 Å². The molecule has 2 amide bonds. The highest BCUT2D eigenvalue weighted by Crippen LogP contribution is 2.22. The van der Waals surface area contributed by atoms with E-state index >= 15 is 0 Å². The molecule has 0 bridgehead atoms. The lowest BCUT2D eigenvalue weighted by molar-refractivity contribution is -0.136. The zero-order chi connectivity index (χ0) is 15.7. The Balaban J connectivity index is 1.63. The first kappa shape index (κ1) is 15.2. The van der Waals surface area contributed by atoms with E-state index < -0.39 is 12.1 Å². The van der Waals surface area contributed by atoms with Crippen LogP contribution in [0.2, 0.25) is 0 Å². The minimum Gasteiger partial charge on any atom is -0.342 e. The van der Waals surface area contributed by atoms with Gasteiger partial charge in [0.25, 0.3) is 0 Å². The Morgan fingerprint density at radius 3 is 2.50 bits per heavy atom. The van der Waals surface area contributed by atoms with Gasteiger partial charge in [0.15, 0.2) is 0 Å². The molecule has 1 aliphatic rings. The molecule has 2 aromatic rings. The number of hydrogen-bond donors (Lipinski definition) is 2. The van der Waals surface area contributed by atoms with Gasteiger partial charge in [0.05, 0.1) is 15.8 Å². The highest BCUT2D eigenvalue weighted by molar-refractivity contribution is 9.11. The molecule has 2 atom stereocenters. The minimum atomic E-state index is -0.562. The van der Waals surface area contributed by atoms with Crippen LogP contribution in [0.4, 0.5) is 0 Å². The molecule has 2 aromatic heterocycles. The Hall–Kier alpha value is -1.67. The topological polar surface area (TPSA) is 76.0 Å². The highest BCUT2D eigenvalue weighted by atomic mass is 79.9. The molecule has 6 nitrogen and oxygen atoms in total. The van der Waals surface area contributed by atoms with Crippen molar-refractivity contribution < 1.29 is 9.59 Å². The SMILES string of the molecule is Cn1cnc(C[C@@H]2NC(=O)C(Cc3csc(Br)c3)NC2=O)c1.